The van der Waals surface area contributed by atoms with E-state index in [1.165, 1.54) is 12.1 Å². The topological polar surface area (TPSA) is 53.0 Å². The highest BCUT2D eigenvalue weighted by atomic mass is 19.1. The lowest BCUT2D eigenvalue weighted by Gasteiger charge is -2.29. The number of halogens is 1. The Balaban J connectivity index is 2.73. The summed E-state index contributed by atoms with van der Waals surface area (Å²) >= 11 is 0. The van der Waals surface area contributed by atoms with E-state index in [0.717, 1.165) is 12.1 Å². The van der Waals surface area contributed by atoms with Crippen LogP contribution in [0.25, 0.3) is 0 Å². The van der Waals surface area contributed by atoms with Crippen LogP contribution >= 0.6 is 0 Å². The van der Waals surface area contributed by atoms with Crippen molar-refractivity contribution in [2.75, 3.05) is 20.1 Å². The van der Waals surface area contributed by atoms with E-state index in [1.807, 2.05) is 13.1 Å². The van der Waals surface area contributed by atoms with E-state index in [4.69, 9.17) is 11.0 Å². The Kier molecular flexibility index (Phi) is 4.83. The number of benzene rings is 1. The quantitative estimate of drug-likeness (QED) is 0.869. The molecule has 2 N–H and O–H groups in total. The van der Waals surface area contributed by atoms with Crippen molar-refractivity contribution in [3.05, 3.63) is 35.1 Å². The standard InChI is InChI=1S/C14H20FN3/c1-14(2,9-17)10-18(3)8-12-4-11(7-16)5-13(15)6-12/h4-6H,8-10,17H2,1-3H3. The highest BCUT2D eigenvalue weighted by Gasteiger charge is 2.18. The third kappa shape index (κ3) is 4.44. The molecule has 1 rings (SSSR count). The molecule has 1 aromatic rings. The molecule has 0 amide bonds. The van der Waals surface area contributed by atoms with Crippen molar-refractivity contribution in [1.29, 1.82) is 5.26 Å². The van der Waals surface area contributed by atoms with Gasteiger partial charge in [-0.3, -0.25) is 0 Å². The molecule has 0 radical (unpaired) electrons. The summed E-state index contributed by atoms with van der Waals surface area (Å²) in [6.07, 6.45) is 0. The first kappa shape index (κ1) is 14.6. The number of rotatable bonds is 5. The maximum Gasteiger partial charge on any atom is 0.124 e. The van der Waals surface area contributed by atoms with E-state index >= 15 is 0 Å². The fraction of sp³-hybridized carbons (Fsp3) is 0.500. The summed E-state index contributed by atoms with van der Waals surface area (Å²) in [6.45, 7) is 6.22. The van der Waals surface area contributed by atoms with E-state index in [-0.39, 0.29) is 11.2 Å². The Morgan fingerprint density at radius 3 is 2.61 bits per heavy atom. The van der Waals surface area contributed by atoms with Gasteiger partial charge in [-0.15, -0.1) is 0 Å². The second-order valence-corrected chi connectivity index (χ2v) is 5.50. The molecule has 0 saturated heterocycles. The van der Waals surface area contributed by atoms with Crippen molar-refractivity contribution < 1.29 is 4.39 Å². The molecule has 0 unspecified atom stereocenters. The zero-order valence-electron chi connectivity index (χ0n) is 11.2. The molecule has 98 valence electrons. The molecule has 1 aromatic carbocycles. The van der Waals surface area contributed by atoms with Crippen LogP contribution in [-0.4, -0.2) is 25.0 Å². The zero-order valence-corrected chi connectivity index (χ0v) is 11.2. The Labute approximate surface area is 108 Å². The first-order chi connectivity index (χ1) is 8.36. The van der Waals surface area contributed by atoms with Crippen LogP contribution in [0, 0.1) is 22.6 Å². The van der Waals surface area contributed by atoms with Crippen LogP contribution in [0.15, 0.2) is 18.2 Å². The van der Waals surface area contributed by atoms with Gasteiger partial charge in [0.15, 0.2) is 0 Å². The van der Waals surface area contributed by atoms with Crippen molar-refractivity contribution >= 4 is 0 Å². The number of nitrogens with two attached hydrogens (primary N) is 1. The van der Waals surface area contributed by atoms with Crippen molar-refractivity contribution in [3.63, 3.8) is 0 Å². The molecule has 0 saturated carbocycles. The Morgan fingerprint density at radius 1 is 1.39 bits per heavy atom. The zero-order chi connectivity index (χ0) is 13.8. The first-order valence-electron chi connectivity index (χ1n) is 5.94. The summed E-state index contributed by atoms with van der Waals surface area (Å²) in [5.41, 5.74) is 6.88. The van der Waals surface area contributed by atoms with Crippen LogP contribution in [0.3, 0.4) is 0 Å². The summed E-state index contributed by atoms with van der Waals surface area (Å²) in [5, 5.41) is 8.80. The summed E-state index contributed by atoms with van der Waals surface area (Å²) in [4.78, 5) is 2.09. The molecule has 0 heterocycles. The first-order valence-corrected chi connectivity index (χ1v) is 5.94. The Hall–Kier alpha value is -1.44. The van der Waals surface area contributed by atoms with Crippen LogP contribution < -0.4 is 5.73 Å². The number of nitriles is 1. The largest absolute Gasteiger partial charge is 0.330 e. The fourth-order valence-corrected chi connectivity index (χ4v) is 1.97. The molecular weight excluding hydrogens is 229 g/mol. The minimum atomic E-state index is -0.365. The summed E-state index contributed by atoms with van der Waals surface area (Å²) in [5.74, 6) is -0.365. The lowest BCUT2D eigenvalue weighted by Crippen LogP contribution is -2.36. The Morgan fingerprint density at radius 2 is 2.06 bits per heavy atom. The number of hydrogen-bond donors (Lipinski definition) is 1. The van der Waals surface area contributed by atoms with Gasteiger partial charge in [0.1, 0.15) is 5.82 Å². The third-order valence-corrected chi connectivity index (χ3v) is 2.79. The molecule has 0 bridgehead atoms. The smallest absolute Gasteiger partial charge is 0.124 e. The molecule has 0 fully saturated rings. The van der Waals surface area contributed by atoms with Gasteiger partial charge in [-0.1, -0.05) is 13.8 Å². The van der Waals surface area contributed by atoms with E-state index in [9.17, 15) is 4.39 Å². The predicted molar refractivity (Wildman–Crippen MR) is 70.3 cm³/mol. The molecule has 3 nitrogen and oxygen atoms in total. The lowest BCUT2D eigenvalue weighted by atomic mass is 9.93. The second kappa shape index (κ2) is 5.94. The molecule has 0 spiro atoms. The summed E-state index contributed by atoms with van der Waals surface area (Å²) in [7, 11) is 1.97. The van der Waals surface area contributed by atoms with Gasteiger partial charge in [-0.05, 0) is 42.8 Å². The average Bonchev–Trinajstić information content (AvgIpc) is 2.27. The number of nitrogens with zero attached hydrogens (tertiary/aromatic N) is 2. The Bertz CT molecular complexity index is 449. The maximum atomic E-state index is 13.3. The van der Waals surface area contributed by atoms with Gasteiger partial charge >= 0.3 is 0 Å². The second-order valence-electron chi connectivity index (χ2n) is 5.50. The summed E-state index contributed by atoms with van der Waals surface area (Å²) in [6, 6.07) is 6.39. The van der Waals surface area contributed by atoms with E-state index in [2.05, 4.69) is 18.7 Å². The van der Waals surface area contributed by atoms with Crippen LogP contribution in [-0.2, 0) is 6.54 Å². The predicted octanol–water partition coefficient (Wildman–Crippen LogP) is 2.11. The average molecular weight is 249 g/mol. The maximum absolute atomic E-state index is 13.3. The highest BCUT2D eigenvalue weighted by molar-refractivity contribution is 5.33. The van der Waals surface area contributed by atoms with Gasteiger partial charge in [-0.25, -0.2) is 4.39 Å². The minimum Gasteiger partial charge on any atom is -0.330 e. The molecule has 4 heteroatoms. The van der Waals surface area contributed by atoms with Gasteiger partial charge in [-0.2, -0.15) is 5.26 Å². The summed E-state index contributed by atoms with van der Waals surface area (Å²) < 4.78 is 13.3. The molecular formula is C14H20FN3. The third-order valence-electron chi connectivity index (χ3n) is 2.79. The molecule has 18 heavy (non-hydrogen) atoms. The molecule has 0 aromatic heterocycles. The van der Waals surface area contributed by atoms with E-state index in [1.54, 1.807) is 6.07 Å². The lowest BCUT2D eigenvalue weighted by molar-refractivity contribution is 0.210. The van der Waals surface area contributed by atoms with Crippen LogP contribution in [0.5, 0.6) is 0 Å². The van der Waals surface area contributed by atoms with Crippen molar-refractivity contribution in [3.8, 4) is 6.07 Å². The van der Waals surface area contributed by atoms with Gasteiger partial charge in [0.05, 0.1) is 11.6 Å². The van der Waals surface area contributed by atoms with Crippen LogP contribution in [0.2, 0.25) is 0 Å². The normalized spacial score (nSPS) is 11.6. The van der Waals surface area contributed by atoms with Crippen molar-refractivity contribution in [2.45, 2.75) is 20.4 Å². The highest BCUT2D eigenvalue weighted by Crippen LogP contribution is 2.16. The van der Waals surface area contributed by atoms with Crippen molar-refractivity contribution in [2.24, 2.45) is 11.1 Å². The molecule has 0 aliphatic carbocycles. The minimum absolute atomic E-state index is 0.0279. The van der Waals surface area contributed by atoms with Crippen molar-refractivity contribution in [1.82, 2.24) is 4.90 Å². The monoisotopic (exact) mass is 249 g/mol. The van der Waals surface area contributed by atoms with Gasteiger partial charge in [0.2, 0.25) is 0 Å². The van der Waals surface area contributed by atoms with Crippen LogP contribution in [0.4, 0.5) is 4.39 Å². The van der Waals surface area contributed by atoms with Crippen LogP contribution in [0.1, 0.15) is 25.0 Å². The van der Waals surface area contributed by atoms with Gasteiger partial charge < -0.3 is 10.6 Å². The van der Waals surface area contributed by atoms with E-state index in [0.29, 0.717) is 18.7 Å². The molecule has 0 aliphatic heterocycles. The molecule has 0 atom stereocenters. The van der Waals surface area contributed by atoms with Gasteiger partial charge in [0.25, 0.3) is 0 Å². The fourth-order valence-electron chi connectivity index (χ4n) is 1.97. The number of hydrogen-bond acceptors (Lipinski definition) is 3. The van der Waals surface area contributed by atoms with Gasteiger partial charge in [0, 0.05) is 13.1 Å². The molecule has 0 aliphatic rings. The SMILES string of the molecule is CN(Cc1cc(F)cc(C#N)c1)CC(C)(C)CN. The van der Waals surface area contributed by atoms with E-state index < -0.39 is 0 Å².